The maximum Gasteiger partial charge on any atom is 0.142 e. The Kier molecular flexibility index (Phi) is 4.40. The third kappa shape index (κ3) is 3.37. The summed E-state index contributed by atoms with van der Waals surface area (Å²) in [6, 6.07) is 7.91. The van der Waals surface area contributed by atoms with Crippen molar-refractivity contribution in [2.75, 3.05) is 25.6 Å². The number of hydrogen-bond donors (Lipinski definition) is 1. The third-order valence-corrected chi connectivity index (χ3v) is 3.27. The average Bonchev–Trinajstić information content (AvgIpc) is 2.28. The monoisotopic (exact) mass is 237 g/mol. The van der Waals surface area contributed by atoms with E-state index in [4.69, 9.17) is 4.74 Å². The van der Waals surface area contributed by atoms with Crippen LogP contribution in [0.4, 0.5) is 5.69 Å². The van der Waals surface area contributed by atoms with Gasteiger partial charge in [-0.05, 0) is 19.1 Å². The molecule has 0 radical (unpaired) electrons. The number of rotatable bonds is 5. The maximum atomic E-state index is 9.74. The van der Waals surface area contributed by atoms with Gasteiger partial charge in [0.15, 0.2) is 0 Å². The van der Waals surface area contributed by atoms with Crippen LogP contribution in [0.15, 0.2) is 24.3 Å². The molecule has 1 rings (SSSR count). The fraction of sp³-hybridized carbons (Fsp3) is 0.571. The first-order chi connectivity index (χ1) is 7.88. The lowest BCUT2D eigenvalue weighted by atomic mass is 9.87. The Morgan fingerprint density at radius 2 is 1.94 bits per heavy atom. The van der Waals surface area contributed by atoms with E-state index in [0.29, 0.717) is 0 Å². The number of hydrogen-bond acceptors (Lipinski definition) is 3. The zero-order valence-corrected chi connectivity index (χ0v) is 11.4. The number of aliphatic hydroxyl groups excluding tert-OH is 1. The Hall–Kier alpha value is -1.22. The van der Waals surface area contributed by atoms with Crippen molar-refractivity contribution in [2.45, 2.75) is 26.9 Å². The summed E-state index contributed by atoms with van der Waals surface area (Å²) in [5.74, 6) is 0.858. The molecule has 1 atom stereocenters. The molecule has 0 amide bonds. The number of benzene rings is 1. The molecule has 0 bridgehead atoms. The molecule has 1 unspecified atom stereocenters. The van der Waals surface area contributed by atoms with Gasteiger partial charge in [0.25, 0.3) is 0 Å². The van der Waals surface area contributed by atoms with Crippen LogP contribution in [-0.2, 0) is 0 Å². The van der Waals surface area contributed by atoms with E-state index in [-0.39, 0.29) is 11.5 Å². The van der Waals surface area contributed by atoms with Crippen molar-refractivity contribution in [1.82, 2.24) is 0 Å². The van der Waals surface area contributed by atoms with Crippen molar-refractivity contribution in [2.24, 2.45) is 5.41 Å². The van der Waals surface area contributed by atoms with E-state index in [9.17, 15) is 5.11 Å². The fourth-order valence-electron chi connectivity index (χ4n) is 1.77. The summed E-state index contributed by atoms with van der Waals surface area (Å²) < 4.78 is 5.34. The Morgan fingerprint density at radius 1 is 1.35 bits per heavy atom. The number of ether oxygens (including phenoxy) is 1. The van der Waals surface area contributed by atoms with Gasteiger partial charge in [0.1, 0.15) is 5.75 Å². The average molecular weight is 237 g/mol. The molecule has 0 fully saturated rings. The Labute approximate surface area is 104 Å². The predicted molar refractivity (Wildman–Crippen MR) is 71.7 cm³/mol. The third-order valence-electron chi connectivity index (χ3n) is 3.27. The molecule has 0 aromatic heterocycles. The van der Waals surface area contributed by atoms with Gasteiger partial charge in [-0.1, -0.05) is 26.0 Å². The second-order valence-corrected chi connectivity index (χ2v) is 5.19. The summed E-state index contributed by atoms with van der Waals surface area (Å²) in [6.07, 6.45) is -0.348. The SMILES string of the molecule is COc1ccccc1N(C)CC(C)(C)C(C)O. The second-order valence-electron chi connectivity index (χ2n) is 5.19. The van der Waals surface area contributed by atoms with Crippen molar-refractivity contribution in [3.05, 3.63) is 24.3 Å². The zero-order chi connectivity index (χ0) is 13.1. The lowest BCUT2D eigenvalue weighted by molar-refractivity contribution is 0.0717. The summed E-state index contributed by atoms with van der Waals surface area (Å²) in [7, 11) is 3.69. The molecule has 17 heavy (non-hydrogen) atoms. The number of nitrogens with zero attached hydrogens (tertiary/aromatic N) is 1. The van der Waals surface area contributed by atoms with Gasteiger partial charge in [-0.3, -0.25) is 0 Å². The van der Waals surface area contributed by atoms with Crippen molar-refractivity contribution < 1.29 is 9.84 Å². The van der Waals surface area contributed by atoms with Crippen LogP contribution in [0.25, 0.3) is 0 Å². The molecule has 0 heterocycles. The van der Waals surface area contributed by atoms with Crippen LogP contribution >= 0.6 is 0 Å². The van der Waals surface area contributed by atoms with Crippen LogP contribution in [0, 0.1) is 5.41 Å². The lowest BCUT2D eigenvalue weighted by Gasteiger charge is -2.34. The Bertz CT molecular complexity index is 361. The van der Waals surface area contributed by atoms with E-state index >= 15 is 0 Å². The van der Waals surface area contributed by atoms with Gasteiger partial charge >= 0.3 is 0 Å². The maximum absolute atomic E-state index is 9.74. The van der Waals surface area contributed by atoms with Crippen LogP contribution < -0.4 is 9.64 Å². The predicted octanol–water partition coefficient (Wildman–Crippen LogP) is 2.54. The van der Waals surface area contributed by atoms with Gasteiger partial charge in [0.2, 0.25) is 0 Å². The molecule has 0 aliphatic carbocycles. The van der Waals surface area contributed by atoms with E-state index in [1.165, 1.54) is 0 Å². The fourth-order valence-corrected chi connectivity index (χ4v) is 1.77. The molecule has 0 aliphatic heterocycles. The highest BCUT2D eigenvalue weighted by molar-refractivity contribution is 5.57. The van der Waals surface area contributed by atoms with Crippen molar-refractivity contribution in [3.63, 3.8) is 0 Å². The molecular weight excluding hydrogens is 214 g/mol. The van der Waals surface area contributed by atoms with E-state index < -0.39 is 0 Å². The zero-order valence-electron chi connectivity index (χ0n) is 11.4. The van der Waals surface area contributed by atoms with Crippen LogP contribution in [-0.4, -0.2) is 31.9 Å². The van der Waals surface area contributed by atoms with Crippen molar-refractivity contribution in [1.29, 1.82) is 0 Å². The van der Waals surface area contributed by atoms with E-state index in [1.54, 1.807) is 7.11 Å². The van der Waals surface area contributed by atoms with Crippen LogP contribution in [0.3, 0.4) is 0 Å². The summed E-state index contributed by atoms with van der Waals surface area (Å²) >= 11 is 0. The van der Waals surface area contributed by atoms with Crippen LogP contribution in [0.2, 0.25) is 0 Å². The molecule has 0 saturated carbocycles. The molecule has 1 aromatic carbocycles. The molecule has 3 nitrogen and oxygen atoms in total. The van der Waals surface area contributed by atoms with Crippen molar-refractivity contribution in [3.8, 4) is 5.75 Å². The minimum atomic E-state index is -0.348. The van der Waals surface area contributed by atoms with Gasteiger partial charge in [0, 0.05) is 19.0 Å². The van der Waals surface area contributed by atoms with E-state index in [2.05, 4.69) is 18.7 Å². The molecule has 0 saturated heterocycles. The van der Waals surface area contributed by atoms with Crippen LogP contribution in [0.1, 0.15) is 20.8 Å². The number of methoxy groups -OCH3 is 1. The minimum absolute atomic E-state index is 0.157. The first kappa shape index (κ1) is 13.8. The number of anilines is 1. The van der Waals surface area contributed by atoms with E-state index in [0.717, 1.165) is 18.0 Å². The minimum Gasteiger partial charge on any atom is -0.495 e. The topological polar surface area (TPSA) is 32.7 Å². The summed E-state index contributed by atoms with van der Waals surface area (Å²) in [5.41, 5.74) is 0.888. The first-order valence-electron chi connectivity index (χ1n) is 5.90. The Balaban J connectivity index is 2.86. The van der Waals surface area contributed by atoms with Gasteiger partial charge in [-0.25, -0.2) is 0 Å². The highest BCUT2D eigenvalue weighted by atomic mass is 16.5. The van der Waals surface area contributed by atoms with Gasteiger partial charge in [0.05, 0.1) is 18.9 Å². The van der Waals surface area contributed by atoms with Crippen LogP contribution in [0.5, 0.6) is 5.75 Å². The van der Waals surface area contributed by atoms with E-state index in [1.807, 2.05) is 38.2 Å². The normalized spacial score (nSPS) is 13.3. The molecule has 0 spiro atoms. The number of para-hydroxylation sites is 2. The molecule has 1 N–H and O–H groups in total. The Morgan fingerprint density at radius 3 is 2.47 bits per heavy atom. The second kappa shape index (κ2) is 5.41. The number of aliphatic hydroxyl groups is 1. The van der Waals surface area contributed by atoms with Gasteiger partial charge < -0.3 is 14.7 Å². The standard InChI is InChI=1S/C14H23NO2/c1-11(16)14(2,3)10-15(4)12-8-6-7-9-13(12)17-5/h6-9,11,16H,10H2,1-5H3. The highest BCUT2D eigenvalue weighted by Crippen LogP contribution is 2.30. The molecule has 96 valence electrons. The van der Waals surface area contributed by atoms with Gasteiger partial charge in [-0.15, -0.1) is 0 Å². The molecule has 1 aromatic rings. The quantitative estimate of drug-likeness (QED) is 0.854. The summed E-state index contributed by atoms with van der Waals surface area (Å²) in [6.45, 7) is 6.72. The molecule has 3 heteroatoms. The molecular formula is C14H23NO2. The summed E-state index contributed by atoms with van der Waals surface area (Å²) in [5, 5.41) is 9.74. The first-order valence-corrected chi connectivity index (χ1v) is 5.90. The summed E-state index contributed by atoms with van der Waals surface area (Å²) in [4.78, 5) is 2.12. The van der Waals surface area contributed by atoms with Crippen molar-refractivity contribution >= 4 is 5.69 Å². The van der Waals surface area contributed by atoms with Gasteiger partial charge in [-0.2, -0.15) is 0 Å². The smallest absolute Gasteiger partial charge is 0.142 e. The molecule has 0 aliphatic rings. The highest BCUT2D eigenvalue weighted by Gasteiger charge is 2.26. The largest absolute Gasteiger partial charge is 0.495 e. The lowest BCUT2D eigenvalue weighted by Crippen LogP contribution is -2.38.